The zero-order valence-electron chi connectivity index (χ0n) is 10.2. The van der Waals surface area contributed by atoms with Crippen molar-refractivity contribution in [2.75, 3.05) is 5.73 Å². The summed E-state index contributed by atoms with van der Waals surface area (Å²) in [5, 5.41) is 4.95. The Morgan fingerprint density at radius 3 is 1.40 bits per heavy atom. The molecule has 0 bridgehead atoms. The lowest BCUT2D eigenvalue weighted by molar-refractivity contribution is 0.593. The van der Waals surface area contributed by atoms with Crippen LogP contribution < -0.4 is 10.9 Å². The van der Waals surface area contributed by atoms with Crippen LogP contribution in [-0.4, -0.2) is 16.8 Å². The molecule has 0 saturated carbocycles. The Hall–Kier alpha value is -1.90. The first kappa shape index (κ1) is 14.5. The summed E-state index contributed by atoms with van der Waals surface area (Å²) in [7, 11) is -7.56. The van der Waals surface area contributed by atoms with Crippen molar-refractivity contribution in [3.05, 3.63) is 48.5 Å². The SMILES string of the molecule is Nc1ccc(S(=O)(=O)c2ccc(S(N)(=O)=O)cc2)cc1. The number of nitrogens with two attached hydrogens (primary N) is 2. The Balaban J connectivity index is 2.48. The summed E-state index contributed by atoms with van der Waals surface area (Å²) in [6.45, 7) is 0. The molecule has 0 aromatic heterocycles. The molecule has 0 atom stereocenters. The van der Waals surface area contributed by atoms with Crippen LogP contribution in [-0.2, 0) is 19.9 Å². The summed E-state index contributed by atoms with van der Waals surface area (Å²) in [4.78, 5) is -0.0847. The van der Waals surface area contributed by atoms with Gasteiger partial charge < -0.3 is 5.73 Å². The van der Waals surface area contributed by atoms with Crippen LogP contribution in [0, 0.1) is 0 Å². The highest BCUT2D eigenvalue weighted by Gasteiger charge is 2.18. The lowest BCUT2D eigenvalue weighted by Gasteiger charge is -2.06. The van der Waals surface area contributed by atoms with Crippen LogP contribution >= 0.6 is 0 Å². The second-order valence-corrected chi connectivity index (χ2v) is 7.60. The number of hydrogen-bond acceptors (Lipinski definition) is 5. The Morgan fingerprint density at radius 1 is 0.650 bits per heavy atom. The third-order valence-electron chi connectivity index (χ3n) is 2.65. The fourth-order valence-electron chi connectivity index (χ4n) is 1.59. The highest BCUT2D eigenvalue weighted by Crippen LogP contribution is 2.22. The maximum atomic E-state index is 12.3. The van der Waals surface area contributed by atoms with Crippen molar-refractivity contribution in [2.24, 2.45) is 5.14 Å². The van der Waals surface area contributed by atoms with E-state index < -0.39 is 19.9 Å². The van der Waals surface area contributed by atoms with Crippen LogP contribution in [0.1, 0.15) is 0 Å². The molecule has 106 valence electrons. The zero-order chi connectivity index (χ0) is 15.0. The van der Waals surface area contributed by atoms with Gasteiger partial charge in [-0.05, 0) is 48.5 Å². The maximum absolute atomic E-state index is 12.3. The summed E-state index contributed by atoms with van der Waals surface area (Å²) < 4.78 is 46.8. The predicted molar refractivity (Wildman–Crippen MR) is 74.1 cm³/mol. The molecule has 0 fully saturated rings. The van der Waals surface area contributed by atoms with E-state index in [1.165, 1.54) is 36.4 Å². The van der Waals surface area contributed by atoms with E-state index in [9.17, 15) is 16.8 Å². The summed E-state index contributed by atoms with van der Waals surface area (Å²) in [5.74, 6) is 0. The van der Waals surface area contributed by atoms with Crippen molar-refractivity contribution in [1.29, 1.82) is 0 Å². The van der Waals surface area contributed by atoms with Gasteiger partial charge in [0.15, 0.2) is 0 Å². The lowest BCUT2D eigenvalue weighted by Crippen LogP contribution is -2.12. The first-order valence-electron chi connectivity index (χ1n) is 5.45. The van der Waals surface area contributed by atoms with Gasteiger partial charge in [-0.25, -0.2) is 22.0 Å². The molecule has 2 aromatic carbocycles. The normalized spacial score (nSPS) is 12.2. The lowest BCUT2D eigenvalue weighted by atomic mass is 10.3. The van der Waals surface area contributed by atoms with Gasteiger partial charge >= 0.3 is 0 Å². The van der Waals surface area contributed by atoms with Crippen LogP contribution in [0.5, 0.6) is 0 Å². The molecule has 0 aliphatic heterocycles. The van der Waals surface area contributed by atoms with Crippen LogP contribution in [0.3, 0.4) is 0 Å². The minimum Gasteiger partial charge on any atom is -0.399 e. The number of hydrogen-bond donors (Lipinski definition) is 2. The quantitative estimate of drug-likeness (QED) is 0.810. The molecule has 0 unspecified atom stereocenters. The summed E-state index contributed by atoms with van der Waals surface area (Å²) >= 11 is 0. The van der Waals surface area contributed by atoms with Crippen LogP contribution in [0.15, 0.2) is 63.2 Å². The van der Waals surface area contributed by atoms with E-state index in [0.29, 0.717) is 5.69 Å². The standard InChI is InChI=1S/C12H12N2O4S2/c13-9-1-3-10(4-2-9)19(15,16)11-5-7-12(8-6-11)20(14,17)18/h1-8H,13H2,(H2,14,17,18). The molecule has 6 nitrogen and oxygen atoms in total. The van der Waals surface area contributed by atoms with E-state index in [1.807, 2.05) is 0 Å². The van der Waals surface area contributed by atoms with Crippen LogP contribution in [0.2, 0.25) is 0 Å². The summed E-state index contributed by atoms with van der Waals surface area (Å²) in [6, 6.07) is 10.4. The first-order chi connectivity index (χ1) is 9.21. The second kappa shape index (κ2) is 4.89. The van der Waals surface area contributed by atoms with Gasteiger partial charge in [-0.3, -0.25) is 0 Å². The molecule has 0 spiro atoms. The minimum absolute atomic E-state index is 0.0188. The van der Waals surface area contributed by atoms with Gasteiger partial charge in [-0.2, -0.15) is 0 Å². The van der Waals surface area contributed by atoms with Crippen LogP contribution in [0.25, 0.3) is 0 Å². The van der Waals surface area contributed by atoms with Crippen molar-refractivity contribution in [1.82, 2.24) is 0 Å². The summed E-state index contributed by atoms with van der Waals surface area (Å²) in [6.07, 6.45) is 0. The van der Waals surface area contributed by atoms with E-state index in [4.69, 9.17) is 10.9 Å². The topological polar surface area (TPSA) is 120 Å². The largest absolute Gasteiger partial charge is 0.399 e. The fourth-order valence-corrected chi connectivity index (χ4v) is 3.37. The molecule has 0 aliphatic rings. The van der Waals surface area contributed by atoms with Gasteiger partial charge in [0.1, 0.15) is 0 Å². The highest BCUT2D eigenvalue weighted by atomic mass is 32.2. The molecule has 4 N–H and O–H groups in total. The van der Waals surface area contributed by atoms with Gasteiger partial charge in [-0.1, -0.05) is 0 Å². The Kier molecular flexibility index (Phi) is 3.55. The summed E-state index contributed by atoms with van der Waals surface area (Å²) in [5.41, 5.74) is 5.95. The van der Waals surface area contributed by atoms with Crippen LogP contribution in [0.4, 0.5) is 5.69 Å². The van der Waals surface area contributed by atoms with Crippen molar-refractivity contribution in [3.63, 3.8) is 0 Å². The van der Waals surface area contributed by atoms with Crippen molar-refractivity contribution in [3.8, 4) is 0 Å². The fraction of sp³-hybridized carbons (Fsp3) is 0. The van der Waals surface area contributed by atoms with E-state index in [0.717, 1.165) is 12.1 Å². The Labute approximate surface area is 117 Å². The van der Waals surface area contributed by atoms with E-state index >= 15 is 0 Å². The van der Waals surface area contributed by atoms with Gasteiger partial charge in [0.05, 0.1) is 14.7 Å². The first-order valence-corrected chi connectivity index (χ1v) is 8.48. The molecule has 2 aromatic rings. The highest BCUT2D eigenvalue weighted by molar-refractivity contribution is 7.91. The Bertz CT molecular complexity index is 824. The molecule has 0 amide bonds. The van der Waals surface area contributed by atoms with Crippen molar-refractivity contribution in [2.45, 2.75) is 14.7 Å². The van der Waals surface area contributed by atoms with E-state index in [1.54, 1.807) is 0 Å². The molecule has 0 radical (unpaired) electrons. The van der Waals surface area contributed by atoms with E-state index in [2.05, 4.69) is 0 Å². The predicted octanol–water partition coefficient (Wildman–Crippen LogP) is 0.749. The third kappa shape index (κ3) is 2.82. The monoisotopic (exact) mass is 312 g/mol. The number of rotatable bonds is 3. The zero-order valence-corrected chi connectivity index (χ0v) is 11.9. The second-order valence-electron chi connectivity index (χ2n) is 4.09. The van der Waals surface area contributed by atoms with Gasteiger partial charge in [0.25, 0.3) is 0 Å². The van der Waals surface area contributed by atoms with E-state index in [-0.39, 0.29) is 14.7 Å². The number of sulfonamides is 1. The number of sulfone groups is 1. The maximum Gasteiger partial charge on any atom is 0.238 e. The molecular formula is C12H12N2O4S2. The number of anilines is 1. The van der Waals surface area contributed by atoms with Gasteiger partial charge in [0, 0.05) is 5.69 Å². The molecule has 2 rings (SSSR count). The van der Waals surface area contributed by atoms with Gasteiger partial charge in [-0.15, -0.1) is 0 Å². The molecule has 20 heavy (non-hydrogen) atoms. The third-order valence-corrected chi connectivity index (χ3v) is 5.37. The number of benzene rings is 2. The molecule has 0 heterocycles. The number of nitrogen functional groups attached to an aromatic ring is 1. The molecule has 8 heteroatoms. The molecule has 0 saturated heterocycles. The number of primary sulfonamides is 1. The smallest absolute Gasteiger partial charge is 0.238 e. The average molecular weight is 312 g/mol. The van der Waals surface area contributed by atoms with Crippen molar-refractivity contribution >= 4 is 25.5 Å². The van der Waals surface area contributed by atoms with Gasteiger partial charge in [0.2, 0.25) is 19.9 Å². The van der Waals surface area contributed by atoms with Crippen molar-refractivity contribution < 1.29 is 16.8 Å². The minimum atomic E-state index is -3.85. The molecule has 0 aliphatic carbocycles. The average Bonchev–Trinajstić information content (AvgIpc) is 2.38. The molecular weight excluding hydrogens is 300 g/mol. The Morgan fingerprint density at radius 2 is 1.00 bits per heavy atom.